The molecule has 0 saturated heterocycles. The van der Waals surface area contributed by atoms with Crippen LogP contribution < -0.4 is 14.4 Å². The lowest BCUT2D eigenvalue weighted by molar-refractivity contribution is -0.140. The Morgan fingerprint density at radius 2 is 1.55 bits per heavy atom. The number of carbonyl (C=O) groups excluding carboxylic acids is 2. The highest BCUT2D eigenvalue weighted by molar-refractivity contribution is 9.10. The zero-order chi connectivity index (χ0) is 29.5. The lowest BCUT2D eigenvalue weighted by Gasteiger charge is -2.33. The molecule has 40 heavy (non-hydrogen) atoms. The van der Waals surface area contributed by atoms with Gasteiger partial charge in [0.15, 0.2) is 0 Å². The molecule has 2 amide bonds. The van der Waals surface area contributed by atoms with Crippen LogP contribution >= 0.6 is 15.9 Å². The van der Waals surface area contributed by atoms with Crippen molar-refractivity contribution in [2.24, 2.45) is 0 Å². The van der Waals surface area contributed by atoms with Gasteiger partial charge in [-0.15, -0.1) is 0 Å². The first-order valence-electron chi connectivity index (χ1n) is 13.0. The Hall–Kier alpha value is -3.37. The van der Waals surface area contributed by atoms with Crippen LogP contribution in [0.1, 0.15) is 40.2 Å². The smallest absolute Gasteiger partial charge is 0.264 e. The molecule has 3 aromatic rings. The summed E-state index contributed by atoms with van der Waals surface area (Å²) in [6, 6.07) is 21.0. The first kappa shape index (κ1) is 31.2. The van der Waals surface area contributed by atoms with E-state index in [1.807, 2.05) is 52.0 Å². The number of hydrogen-bond donors (Lipinski definition) is 1. The number of hydrogen-bond acceptors (Lipinski definition) is 5. The van der Waals surface area contributed by atoms with Crippen molar-refractivity contribution in [3.8, 4) is 5.75 Å². The van der Waals surface area contributed by atoms with E-state index in [9.17, 15) is 18.0 Å². The molecule has 0 unspecified atom stereocenters. The molecular formula is C30H36BrN3O5S. The topological polar surface area (TPSA) is 96.0 Å². The van der Waals surface area contributed by atoms with Crippen LogP contribution in [-0.2, 0) is 26.2 Å². The van der Waals surface area contributed by atoms with E-state index in [0.717, 1.165) is 14.3 Å². The lowest BCUT2D eigenvalue weighted by Crippen LogP contribution is -2.54. The molecule has 1 atom stereocenters. The molecule has 1 N–H and O–H groups in total. The fourth-order valence-corrected chi connectivity index (χ4v) is 5.67. The Labute approximate surface area is 245 Å². The molecule has 0 aliphatic carbocycles. The highest BCUT2D eigenvalue weighted by atomic mass is 79.9. The van der Waals surface area contributed by atoms with Crippen molar-refractivity contribution in [3.63, 3.8) is 0 Å². The maximum absolute atomic E-state index is 14.0. The quantitative estimate of drug-likeness (QED) is 0.307. The molecule has 0 aromatic heterocycles. The van der Waals surface area contributed by atoms with Crippen molar-refractivity contribution in [1.29, 1.82) is 0 Å². The number of amides is 2. The predicted molar refractivity (Wildman–Crippen MR) is 161 cm³/mol. The SMILES string of the molecule is CCOc1ccc(N(CC(=O)N(Cc2ccc(Br)cc2)[C@@H](C)C(=O)NC(C)(C)C)S(=O)(=O)c2ccccc2)cc1. The molecule has 214 valence electrons. The van der Waals surface area contributed by atoms with Crippen molar-refractivity contribution in [2.45, 2.75) is 57.6 Å². The number of sulfonamides is 1. The van der Waals surface area contributed by atoms with E-state index in [2.05, 4.69) is 21.2 Å². The normalized spacial score (nSPS) is 12.3. The molecule has 3 rings (SSSR count). The maximum atomic E-state index is 14.0. The van der Waals surface area contributed by atoms with Gasteiger partial charge < -0.3 is 15.0 Å². The number of anilines is 1. The highest BCUT2D eigenvalue weighted by Gasteiger charge is 2.33. The van der Waals surface area contributed by atoms with E-state index < -0.39 is 34.1 Å². The van der Waals surface area contributed by atoms with Crippen LogP contribution in [-0.4, -0.2) is 49.9 Å². The fraction of sp³-hybridized carbons (Fsp3) is 0.333. The van der Waals surface area contributed by atoms with Gasteiger partial charge in [0.1, 0.15) is 18.3 Å². The van der Waals surface area contributed by atoms with E-state index in [4.69, 9.17) is 4.74 Å². The fourth-order valence-electron chi connectivity index (χ4n) is 3.97. The number of nitrogens with zero attached hydrogens (tertiary/aromatic N) is 2. The summed E-state index contributed by atoms with van der Waals surface area (Å²) in [5.41, 5.74) is 0.587. The Morgan fingerprint density at radius 3 is 2.10 bits per heavy atom. The van der Waals surface area contributed by atoms with Gasteiger partial charge in [0.25, 0.3) is 10.0 Å². The Morgan fingerprint density at radius 1 is 0.950 bits per heavy atom. The van der Waals surface area contributed by atoms with E-state index >= 15 is 0 Å². The average Bonchev–Trinajstić information content (AvgIpc) is 2.91. The van der Waals surface area contributed by atoms with Crippen LogP contribution in [0, 0.1) is 0 Å². The minimum Gasteiger partial charge on any atom is -0.494 e. The van der Waals surface area contributed by atoms with Crippen LogP contribution in [0.15, 0.2) is 88.2 Å². The molecule has 3 aromatic carbocycles. The third-order valence-corrected chi connectivity index (χ3v) is 8.29. The zero-order valence-electron chi connectivity index (χ0n) is 23.4. The number of carbonyl (C=O) groups is 2. The summed E-state index contributed by atoms with van der Waals surface area (Å²) < 4.78 is 35.1. The average molecular weight is 631 g/mol. The van der Waals surface area contributed by atoms with Gasteiger partial charge in [-0.2, -0.15) is 0 Å². The second kappa shape index (κ2) is 13.3. The van der Waals surface area contributed by atoms with E-state index in [1.54, 1.807) is 49.4 Å². The van der Waals surface area contributed by atoms with Gasteiger partial charge in [-0.25, -0.2) is 8.42 Å². The minimum atomic E-state index is -4.12. The Balaban J connectivity index is 2.02. The van der Waals surface area contributed by atoms with Crippen molar-refractivity contribution >= 4 is 43.5 Å². The van der Waals surface area contributed by atoms with Crippen molar-refractivity contribution in [3.05, 3.63) is 88.9 Å². The summed E-state index contributed by atoms with van der Waals surface area (Å²) in [5.74, 6) is -0.275. The molecule has 0 fully saturated rings. The largest absolute Gasteiger partial charge is 0.494 e. The van der Waals surface area contributed by atoms with Gasteiger partial charge in [0, 0.05) is 16.6 Å². The minimum absolute atomic E-state index is 0.0506. The molecule has 0 radical (unpaired) electrons. The van der Waals surface area contributed by atoms with Gasteiger partial charge in [0.2, 0.25) is 11.8 Å². The zero-order valence-corrected chi connectivity index (χ0v) is 25.8. The highest BCUT2D eigenvalue weighted by Crippen LogP contribution is 2.27. The van der Waals surface area contributed by atoms with Crippen molar-refractivity contribution in [1.82, 2.24) is 10.2 Å². The third kappa shape index (κ3) is 8.32. The molecule has 0 aliphatic heterocycles. The van der Waals surface area contributed by atoms with E-state index in [-0.39, 0.29) is 17.3 Å². The number of benzene rings is 3. The molecule has 0 heterocycles. The third-order valence-electron chi connectivity index (χ3n) is 5.98. The summed E-state index contributed by atoms with van der Waals surface area (Å²) >= 11 is 3.42. The summed E-state index contributed by atoms with van der Waals surface area (Å²) in [4.78, 5) is 28.6. The lowest BCUT2D eigenvalue weighted by atomic mass is 10.1. The van der Waals surface area contributed by atoms with Crippen LogP contribution in [0.3, 0.4) is 0 Å². The molecule has 0 saturated carbocycles. The van der Waals surface area contributed by atoms with E-state index in [0.29, 0.717) is 18.0 Å². The number of rotatable bonds is 11. The van der Waals surface area contributed by atoms with Gasteiger partial charge >= 0.3 is 0 Å². The molecule has 0 spiro atoms. The first-order valence-corrected chi connectivity index (χ1v) is 15.2. The number of ether oxygens (including phenoxy) is 1. The Bertz CT molecular complexity index is 1390. The van der Waals surface area contributed by atoms with Gasteiger partial charge in [0.05, 0.1) is 17.2 Å². The van der Waals surface area contributed by atoms with Gasteiger partial charge in [-0.1, -0.05) is 46.3 Å². The van der Waals surface area contributed by atoms with Gasteiger partial charge in [-0.05, 0) is 88.7 Å². The summed E-state index contributed by atoms with van der Waals surface area (Å²) in [5, 5.41) is 2.92. The second-order valence-electron chi connectivity index (χ2n) is 10.3. The standard InChI is InChI=1S/C30H36BrN3O5S/c1-6-39-26-18-16-25(17-19-26)34(40(37,38)27-10-8-7-9-11-27)21-28(35)33(20-23-12-14-24(31)15-13-23)22(2)29(36)32-30(3,4)5/h7-19,22H,6,20-21H2,1-5H3,(H,32,36)/t22-/m0/s1. The second-order valence-corrected chi connectivity index (χ2v) is 13.1. The molecular weight excluding hydrogens is 594 g/mol. The van der Waals surface area contributed by atoms with Crippen molar-refractivity contribution < 1.29 is 22.7 Å². The van der Waals surface area contributed by atoms with Crippen LogP contribution in [0.5, 0.6) is 5.75 Å². The molecule has 8 nitrogen and oxygen atoms in total. The monoisotopic (exact) mass is 629 g/mol. The number of nitrogens with one attached hydrogen (secondary N) is 1. The van der Waals surface area contributed by atoms with Crippen LogP contribution in [0.25, 0.3) is 0 Å². The van der Waals surface area contributed by atoms with Gasteiger partial charge in [-0.3, -0.25) is 13.9 Å². The molecule has 10 heteroatoms. The molecule has 0 aliphatic rings. The van der Waals surface area contributed by atoms with E-state index in [1.165, 1.54) is 17.0 Å². The molecule has 0 bridgehead atoms. The van der Waals surface area contributed by atoms with Crippen LogP contribution in [0.4, 0.5) is 5.69 Å². The maximum Gasteiger partial charge on any atom is 0.264 e. The van der Waals surface area contributed by atoms with Crippen LogP contribution in [0.2, 0.25) is 0 Å². The first-order chi connectivity index (χ1) is 18.8. The predicted octanol–water partition coefficient (Wildman–Crippen LogP) is 5.38. The Kier molecular flexibility index (Phi) is 10.4. The summed E-state index contributed by atoms with van der Waals surface area (Å²) in [7, 11) is -4.12. The van der Waals surface area contributed by atoms with Crippen molar-refractivity contribution in [2.75, 3.05) is 17.5 Å². The summed E-state index contributed by atoms with van der Waals surface area (Å²) in [6.07, 6.45) is 0. The number of halogens is 1. The summed E-state index contributed by atoms with van der Waals surface area (Å²) in [6.45, 7) is 9.15.